The van der Waals surface area contributed by atoms with Gasteiger partial charge < -0.3 is 19.8 Å². The second-order valence-corrected chi connectivity index (χ2v) is 11.3. The quantitative estimate of drug-likeness (QED) is 0.0839. The molecule has 1 atom stereocenters. The monoisotopic (exact) mass is 636 g/mol. The van der Waals surface area contributed by atoms with Crippen LogP contribution < -0.4 is 10.1 Å². The molecule has 0 spiro atoms. The van der Waals surface area contributed by atoms with E-state index in [4.69, 9.17) is 21.7 Å². The number of fused-ring (bicyclic) bond motifs is 1. The average molecular weight is 637 g/mol. The van der Waals surface area contributed by atoms with Crippen molar-refractivity contribution in [3.63, 3.8) is 0 Å². The van der Waals surface area contributed by atoms with Crippen LogP contribution in [0.3, 0.4) is 0 Å². The summed E-state index contributed by atoms with van der Waals surface area (Å²) in [4.78, 5) is 15.6. The molecule has 1 fully saturated rings. The fourth-order valence-electron chi connectivity index (χ4n) is 4.37. The number of halogens is 6. The summed E-state index contributed by atoms with van der Waals surface area (Å²) in [5.74, 6) is -0.883. The van der Waals surface area contributed by atoms with Crippen LogP contribution in [0.4, 0.5) is 26.3 Å². The Morgan fingerprint density at radius 2 is 1.58 bits per heavy atom. The van der Waals surface area contributed by atoms with Gasteiger partial charge in [0.1, 0.15) is 10.1 Å². The van der Waals surface area contributed by atoms with Gasteiger partial charge in [-0.05, 0) is 60.0 Å². The number of amides is 1. The zero-order valence-electron chi connectivity index (χ0n) is 22.0. The lowest BCUT2D eigenvalue weighted by atomic mass is 10.1. The standard InChI is InChI=1S/C30H22F6N2O3S2/c31-29(32,33)20-12-21(30(34,35)36)14-23(13-20)41-26(40-16-18-4-2-1-3-5-18)9-7-17-6-8-24-19(10-17)11-22(37-24)15-25-27(39)38-28(42)43-25/h1-6,8,10-15,26,37H,7,9,16H2,(H,38,39,42). The van der Waals surface area contributed by atoms with Crippen molar-refractivity contribution in [2.24, 2.45) is 0 Å². The number of H-pyrrole nitrogens is 1. The maximum absolute atomic E-state index is 13.4. The number of benzene rings is 3. The van der Waals surface area contributed by atoms with E-state index in [1.807, 2.05) is 24.3 Å². The van der Waals surface area contributed by atoms with E-state index in [1.165, 1.54) is 0 Å². The number of alkyl halides is 6. The molecule has 0 saturated carbocycles. The first-order chi connectivity index (χ1) is 20.3. The number of aryl methyl sites for hydroxylation is 1. The zero-order chi connectivity index (χ0) is 30.8. The highest BCUT2D eigenvalue weighted by Crippen LogP contribution is 2.38. The molecule has 13 heteroatoms. The number of carbonyl (C=O) groups is 1. The normalized spacial score (nSPS) is 15.7. The molecule has 1 aromatic heterocycles. The maximum Gasteiger partial charge on any atom is 0.416 e. The van der Waals surface area contributed by atoms with E-state index in [0.29, 0.717) is 33.5 Å². The minimum atomic E-state index is -5.01. The number of rotatable bonds is 9. The molecular weight excluding hydrogens is 614 g/mol. The van der Waals surface area contributed by atoms with E-state index in [9.17, 15) is 31.1 Å². The summed E-state index contributed by atoms with van der Waals surface area (Å²) in [5.41, 5.74) is 0.125. The molecule has 224 valence electrons. The van der Waals surface area contributed by atoms with E-state index < -0.39 is 35.5 Å². The molecule has 4 aromatic rings. The van der Waals surface area contributed by atoms with Crippen molar-refractivity contribution in [3.8, 4) is 5.75 Å². The second-order valence-electron chi connectivity index (χ2n) is 9.62. The van der Waals surface area contributed by atoms with Crippen LogP contribution in [0.2, 0.25) is 0 Å². The lowest BCUT2D eigenvalue weighted by Crippen LogP contribution is -2.22. The minimum Gasteiger partial charge on any atom is -0.465 e. The largest absolute Gasteiger partial charge is 0.465 e. The van der Waals surface area contributed by atoms with Crippen LogP contribution in [0.15, 0.2) is 77.7 Å². The third kappa shape index (κ3) is 7.98. The zero-order valence-corrected chi connectivity index (χ0v) is 23.6. The molecule has 43 heavy (non-hydrogen) atoms. The molecule has 1 aliphatic heterocycles. The van der Waals surface area contributed by atoms with Gasteiger partial charge in [-0.3, -0.25) is 4.79 Å². The Kier molecular flexibility index (Phi) is 8.86. The highest BCUT2D eigenvalue weighted by molar-refractivity contribution is 8.26. The molecule has 1 saturated heterocycles. The topological polar surface area (TPSA) is 63.4 Å². The Hall–Kier alpha value is -3.81. The molecule has 1 amide bonds. The summed E-state index contributed by atoms with van der Waals surface area (Å²) in [5, 5.41) is 3.39. The summed E-state index contributed by atoms with van der Waals surface area (Å²) >= 11 is 6.17. The van der Waals surface area contributed by atoms with Crippen LogP contribution in [0.25, 0.3) is 17.0 Å². The fourth-order valence-corrected chi connectivity index (χ4v) is 5.41. The first-order valence-electron chi connectivity index (χ1n) is 12.8. The predicted octanol–water partition coefficient (Wildman–Crippen LogP) is 8.25. The van der Waals surface area contributed by atoms with Gasteiger partial charge in [-0.2, -0.15) is 26.3 Å². The number of hydrogen-bond acceptors (Lipinski definition) is 5. The number of carbonyl (C=O) groups excluding carboxylic acids is 1. The number of thiocarbonyl (C=S) groups is 1. The van der Waals surface area contributed by atoms with Crippen LogP contribution in [0, 0.1) is 0 Å². The summed E-state index contributed by atoms with van der Waals surface area (Å²) in [7, 11) is 0. The number of hydrogen-bond donors (Lipinski definition) is 2. The molecule has 3 aromatic carbocycles. The average Bonchev–Trinajstić information content (AvgIpc) is 3.49. The van der Waals surface area contributed by atoms with Crippen LogP contribution in [-0.4, -0.2) is 21.5 Å². The van der Waals surface area contributed by atoms with Gasteiger partial charge in [0, 0.05) is 23.0 Å². The molecule has 2 heterocycles. The van der Waals surface area contributed by atoms with E-state index in [0.717, 1.165) is 33.8 Å². The smallest absolute Gasteiger partial charge is 0.416 e. The fraction of sp³-hybridized carbons (Fsp3) is 0.200. The van der Waals surface area contributed by atoms with Gasteiger partial charge in [-0.25, -0.2) is 0 Å². The number of thioether (sulfide) groups is 1. The lowest BCUT2D eigenvalue weighted by Gasteiger charge is -2.22. The summed E-state index contributed by atoms with van der Waals surface area (Å²) < 4.78 is 92.3. The Morgan fingerprint density at radius 3 is 2.21 bits per heavy atom. The van der Waals surface area contributed by atoms with Gasteiger partial charge >= 0.3 is 12.4 Å². The molecule has 1 unspecified atom stereocenters. The molecule has 0 radical (unpaired) electrons. The van der Waals surface area contributed by atoms with E-state index in [2.05, 4.69) is 10.3 Å². The molecule has 5 rings (SSSR count). The molecule has 0 aliphatic carbocycles. The predicted molar refractivity (Wildman–Crippen MR) is 155 cm³/mol. The van der Waals surface area contributed by atoms with Gasteiger partial charge in [0.25, 0.3) is 5.91 Å². The van der Waals surface area contributed by atoms with Crippen molar-refractivity contribution in [1.29, 1.82) is 0 Å². The van der Waals surface area contributed by atoms with Gasteiger partial charge in [-0.15, -0.1) is 0 Å². The van der Waals surface area contributed by atoms with Crippen molar-refractivity contribution >= 4 is 51.2 Å². The first kappa shape index (κ1) is 30.6. The summed E-state index contributed by atoms with van der Waals surface area (Å²) in [6, 6.07) is 17.4. The number of nitrogens with one attached hydrogen (secondary N) is 2. The number of aromatic amines is 1. The first-order valence-corrected chi connectivity index (χ1v) is 14.0. The highest BCUT2D eigenvalue weighted by Gasteiger charge is 2.37. The Morgan fingerprint density at radius 1 is 0.884 bits per heavy atom. The molecular formula is C30H22F6N2O3S2. The van der Waals surface area contributed by atoms with E-state index in [1.54, 1.807) is 36.4 Å². The lowest BCUT2D eigenvalue weighted by molar-refractivity contribution is -0.144. The SMILES string of the molecule is O=C1NC(=S)SC1=Cc1cc2cc(CCC(OCc3ccccc3)Oc3cc(C(F)(F)F)cc(C(F)(F)F)c3)ccc2[nH]1. The van der Waals surface area contributed by atoms with Gasteiger partial charge in [-0.1, -0.05) is 60.4 Å². The summed E-state index contributed by atoms with van der Waals surface area (Å²) in [6.45, 7) is 0.0283. The second kappa shape index (κ2) is 12.4. The minimum absolute atomic E-state index is 0.0283. The third-order valence-electron chi connectivity index (χ3n) is 6.41. The van der Waals surface area contributed by atoms with Gasteiger partial charge in [0.2, 0.25) is 0 Å². The van der Waals surface area contributed by atoms with E-state index in [-0.39, 0.29) is 25.0 Å². The maximum atomic E-state index is 13.4. The van der Waals surface area contributed by atoms with Gasteiger partial charge in [0.05, 0.1) is 22.6 Å². The van der Waals surface area contributed by atoms with Gasteiger partial charge in [0.15, 0.2) is 6.29 Å². The van der Waals surface area contributed by atoms with Crippen molar-refractivity contribution in [1.82, 2.24) is 10.3 Å². The highest BCUT2D eigenvalue weighted by atomic mass is 32.2. The van der Waals surface area contributed by atoms with Crippen molar-refractivity contribution in [2.75, 3.05) is 0 Å². The Balaban J connectivity index is 1.36. The third-order valence-corrected chi connectivity index (χ3v) is 7.57. The van der Waals surface area contributed by atoms with E-state index >= 15 is 0 Å². The molecule has 5 nitrogen and oxygen atoms in total. The Bertz CT molecular complexity index is 1650. The van der Waals surface area contributed by atoms with Crippen LogP contribution in [-0.2, 0) is 34.9 Å². The van der Waals surface area contributed by atoms with Crippen molar-refractivity contribution in [2.45, 2.75) is 38.1 Å². The number of ether oxygens (including phenoxy) is 2. The Labute approximate surface area is 251 Å². The van der Waals surface area contributed by atoms with Crippen LogP contribution in [0.5, 0.6) is 5.75 Å². The molecule has 0 bridgehead atoms. The molecule has 1 aliphatic rings. The van der Waals surface area contributed by atoms with Crippen molar-refractivity contribution in [3.05, 3.63) is 106 Å². The molecule has 2 N–H and O–H groups in total. The van der Waals surface area contributed by atoms with Crippen molar-refractivity contribution < 1.29 is 40.6 Å². The van der Waals surface area contributed by atoms with Crippen LogP contribution >= 0.6 is 24.0 Å². The summed E-state index contributed by atoms with van der Waals surface area (Å²) in [6.07, 6.45) is -9.02. The van der Waals surface area contributed by atoms with Crippen LogP contribution in [0.1, 0.15) is 34.4 Å². The number of aromatic nitrogens is 1.